The minimum absolute atomic E-state index is 0.0518. The average Bonchev–Trinajstić information content (AvgIpc) is 0.622. The standard InChI is InChI=1S/C64H108N8O12/c1-25-65(26-2)48(77)69-52(9,10)33-42(34-53(69,11)12)81-43(73)35-63(46(75)83-61(63)38-56(17,18)71(57(19,20)39-61)50(79)67(29-5)30-6)64(47(76)84-62(64)40-58(21,22)72(59(23,24)41-62)51(80)68(31-7)32-8)44-45(74)82-60(44)36-54(13,14)70(55(15,16)37-60)49(78)66(27-3)28-4/h42,44H,25-41H2,1-24H3. The number of hydrogen-bond acceptors (Lipinski definition) is 12. The molecule has 476 valence electrons. The molecule has 0 aromatic heterocycles. The van der Waals surface area contributed by atoms with Gasteiger partial charge in [-0.1, -0.05) is 0 Å². The average molecular weight is 1180 g/mol. The molecule has 0 radical (unpaired) electrons. The summed E-state index contributed by atoms with van der Waals surface area (Å²) in [6, 6.07) is -0.773. The number of amides is 8. The van der Waals surface area contributed by atoms with Crippen molar-refractivity contribution in [3.63, 3.8) is 0 Å². The van der Waals surface area contributed by atoms with E-state index in [1.165, 1.54) is 0 Å². The summed E-state index contributed by atoms with van der Waals surface area (Å²) in [4.78, 5) is 139. The molecule has 3 spiro atoms. The van der Waals surface area contributed by atoms with Gasteiger partial charge in [-0.15, -0.1) is 0 Å². The SMILES string of the molecule is CCN(CC)C(=O)N1C(C)(C)CC(OC(=O)CC2(C3(C4C(=O)OC45CC(C)(C)N(C(=O)N(CC)CC)C(C)(C)C5)C(=O)OC34CC(C)(C)N(C(=O)N(CC)CC)C(C)(C)C4)C(=O)OC23CC(C)(C)N(C(=O)N(CC)CC)C(C)(C)C3)CC1(C)C. The van der Waals surface area contributed by atoms with Gasteiger partial charge in [-0.05, 0) is 166 Å². The van der Waals surface area contributed by atoms with Gasteiger partial charge in [0.1, 0.15) is 39.7 Å². The van der Waals surface area contributed by atoms with Gasteiger partial charge in [0.15, 0.2) is 0 Å². The van der Waals surface area contributed by atoms with Crippen molar-refractivity contribution in [2.24, 2.45) is 16.7 Å². The highest BCUT2D eigenvalue weighted by molar-refractivity contribution is 6.05. The first-order valence-corrected chi connectivity index (χ1v) is 31.7. The van der Waals surface area contributed by atoms with Crippen LogP contribution in [0.25, 0.3) is 0 Å². The second-order valence-electron chi connectivity index (χ2n) is 30.8. The molecule has 84 heavy (non-hydrogen) atoms. The third kappa shape index (κ3) is 9.52. The van der Waals surface area contributed by atoms with E-state index in [-0.39, 0.29) is 75.5 Å². The van der Waals surface area contributed by atoms with Crippen LogP contribution in [0.1, 0.15) is 224 Å². The maximum absolute atomic E-state index is 16.7. The Hall–Kier alpha value is -5.04. The van der Waals surface area contributed by atoms with Crippen LogP contribution >= 0.6 is 0 Å². The van der Waals surface area contributed by atoms with E-state index in [1.54, 1.807) is 19.6 Å². The quantitative estimate of drug-likeness (QED) is 0.125. The Morgan fingerprint density at radius 3 is 0.988 bits per heavy atom. The van der Waals surface area contributed by atoms with Crippen molar-refractivity contribution >= 4 is 48.0 Å². The van der Waals surface area contributed by atoms with E-state index in [0.29, 0.717) is 52.4 Å². The number of rotatable bonds is 13. The van der Waals surface area contributed by atoms with Crippen molar-refractivity contribution in [2.45, 2.75) is 291 Å². The van der Waals surface area contributed by atoms with Gasteiger partial charge >= 0.3 is 48.0 Å². The van der Waals surface area contributed by atoms with Crippen LogP contribution in [-0.4, -0.2) is 207 Å². The molecule has 7 aliphatic rings. The van der Waals surface area contributed by atoms with Crippen LogP contribution in [0.15, 0.2) is 0 Å². The maximum Gasteiger partial charge on any atom is 0.320 e. The van der Waals surface area contributed by atoms with Crippen LogP contribution in [0.3, 0.4) is 0 Å². The summed E-state index contributed by atoms with van der Waals surface area (Å²) in [7, 11) is 0. The van der Waals surface area contributed by atoms with Crippen molar-refractivity contribution < 1.29 is 57.3 Å². The first-order chi connectivity index (χ1) is 38.4. The molecule has 7 rings (SSSR count). The molecule has 0 aliphatic carbocycles. The lowest BCUT2D eigenvalue weighted by Gasteiger charge is -2.79. The molecule has 3 atom stereocenters. The summed E-state index contributed by atoms with van der Waals surface area (Å²) in [6.07, 6.45) is -1.09. The van der Waals surface area contributed by atoms with Gasteiger partial charge in [-0.2, -0.15) is 0 Å². The Bertz CT molecular complexity index is 2570. The van der Waals surface area contributed by atoms with E-state index < -0.39 is 114 Å². The number of nitrogens with zero attached hydrogens (tertiary/aromatic N) is 8. The normalized spacial score (nSPS) is 29.3. The van der Waals surface area contributed by atoms with E-state index in [0.717, 1.165) is 0 Å². The number of likely N-dealkylation sites (tertiary alicyclic amines) is 4. The minimum Gasteiger partial charge on any atom is -0.462 e. The molecular weight excluding hydrogens is 1070 g/mol. The molecule has 3 unspecified atom stereocenters. The fourth-order valence-electron chi connectivity index (χ4n) is 19.8. The number of piperidine rings is 4. The second-order valence-corrected chi connectivity index (χ2v) is 30.8. The van der Waals surface area contributed by atoms with Crippen molar-refractivity contribution in [3.8, 4) is 0 Å². The highest BCUT2D eigenvalue weighted by atomic mass is 16.6. The zero-order valence-electron chi connectivity index (χ0n) is 56.2. The van der Waals surface area contributed by atoms with Crippen LogP contribution in [0.2, 0.25) is 0 Å². The van der Waals surface area contributed by atoms with Gasteiger partial charge in [-0.25, -0.2) is 19.2 Å². The van der Waals surface area contributed by atoms with Gasteiger partial charge in [0.2, 0.25) is 0 Å². The predicted molar refractivity (Wildman–Crippen MR) is 320 cm³/mol. The minimum atomic E-state index is -2.27. The summed E-state index contributed by atoms with van der Waals surface area (Å²) in [6.45, 7) is 50.0. The smallest absolute Gasteiger partial charge is 0.320 e. The molecule has 7 heterocycles. The molecule has 7 aliphatic heterocycles. The fourth-order valence-corrected chi connectivity index (χ4v) is 19.8. The van der Waals surface area contributed by atoms with E-state index in [2.05, 4.69) is 0 Å². The third-order valence-corrected chi connectivity index (χ3v) is 21.2. The van der Waals surface area contributed by atoms with Crippen LogP contribution in [0.4, 0.5) is 19.2 Å². The lowest BCUT2D eigenvalue weighted by molar-refractivity contribution is -0.395. The van der Waals surface area contributed by atoms with Crippen molar-refractivity contribution in [1.29, 1.82) is 0 Å². The zero-order valence-corrected chi connectivity index (χ0v) is 56.2. The topological polar surface area (TPSA) is 199 Å². The molecule has 0 bridgehead atoms. The lowest BCUT2D eigenvalue weighted by atomic mass is 9.33. The van der Waals surface area contributed by atoms with E-state index in [9.17, 15) is 14.4 Å². The molecule has 0 aromatic carbocycles. The number of carbonyl (C=O) groups excluding carboxylic acids is 8. The van der Waals surface area contributed by atoms with Crippen molar-refractivity contribution in [1.82, 2.24) is 39.2 Å². The summed E-state index contributed by atoms with van der Waals surface area (Å²) in [5.74, 6) is -4.75. The molecule has 7 fully saturated rings. The largest absolute Gasteiger partial charge is 0.462 e. The number of ether oxygens (including phenoxy) is 4. The van der Waals surface area contributed by atoms with Crippen molar-refractivity contribution in [2.75, 3.05) is 52.4 Å². The van der Waals surface area contributed by atoms with E-state index >= 15 is 24.0 Å². The van der Waals surface area contributed by atoms with Gasteiger partial charge in [0, 0.05) is 148 Å². The van der Waals surface area contributed by atoms with E-state index in [4.69, 9.17) is 18.9 Å². The number of esters is 4. The molecule has 0 aromatic rings. The number of carbonyl (C=O) groups is 8. The van der Waals surface area contributed by atoms with E-state index in [1.807, 2.05) is 186 Å². The zero-order chi connectivity index (χ0) is 63.7. The Morgan fingerprint density at radius 1 is 0.417 bits per heavy atom. The van der Waals surface area contributed by atoms with Crippen LogP contribution in [0.5, 0.6) is 0 Å². The number of hydrogen-bond donors (Lipinski definition) is 0. The Morgan fingerprint density at radius 2 is 0.702 bits per heavy atom. The van der Waals surface area contributed by atoms with Gasteiger partial charge in [-0.3, -0.25) is 19.2 Å². The monoisotopic (exact) mass is 1180 g/mol. The summed E-state index contributed by atoms with van der Waals surface area (Å²) >= 11 is 0. The maximum atomic E-state index is 16.7. The Balaban J connectivity index is 1.54. The molecule has 0 N–H and O–H groups in total. The lowest BCUT2D eigenvalue weighted by Crippen LogP contribution is -2.94. The molecule has 0 saturated carbocycles. The fraction of sp³-hybridized carbons (Fsp3) is 0.875. The predicted octanol–water partition coefficient (Wildman–Crippen LogP) is 10.2. The van der Waals surface area contributed by atoms with Crippen molar-refractivity contribution in [3.05, 3.63) is 0 Å². The van der Waals surface area contributed by atoms with Crippen LogP contribution in [0, 0.1) is 16.7 Å². The number of urea groups is 4. The van der Waals surface area contributed by atoms with Gasteiger partial charge < -0.3 is 58.1 Å². The molecular formula is C64H108N8O12. The molecule has 20 nitrogen and oxygen atoms in total. The Kier molecular flexibility index (Phi) is 16.7. The molecule has 7 saturated heterocycles. The van der Waals surface area contributed by atoms with Gasteiger partial charge in [0.05, 0.1) is 6.42 Å². The third-order valence-electron chi connectivity index (χ3n) is 21.2. The summed E-state index contributed by atoms with van der Waals surface area (Å²) < 4.78 is 27.4. The highest BCUT2D eigenvalue weighted by Gasteiger charge is 2.97. The van der Waals surface area contributed by atoms with Crippen LogP contribution in [-0.2, 0) is 38.1 Å². The van der Waals surface area contributed by atoms with Crippen LogP contribution < -0.4 is 0 Å². The highest BCUT2D eigenvalue weighted by Crippen LogP contribution is 2.81. The molecule has 20 heteroatoms. The second kappa shape index (κ2) is 21.1. The Labute approximate surface area is 503 Å². The molecule has 8 amide bonds. The van der Waals surface area contributed by atoms with Gasteiger partial charge in [0.25, 0.3) is 0 Å². The first-order valence-electron chi connectivity index (χ1n) is 31.7. The summed E-state index contributed by atoms with van der Waals surface area (Å²) in [5.41, 5.74) is -17.9. The first kappa shape index (κ1) is 66.5. The summed E-state index contributed by atoms with van der Waals surface area (Å²) in [5, 5.41) is 0.